The molecule has 1 aromatic rings. The van der Waals surface area contributed by atoms with Crippen molar-refractivity contribution in [1.82, 2.24) is 0 Å². The molecule has 2 rings (SSSR count). The number of hydrogen-bond donors (Lipinski definition) is 3. The molecule has 1 aliphatic rings. The zero-order chi connectivity index (χ0) is 21.2. The van der Waals surface area contributed by atoms with Gasteiger partial charge in [-0.1, -0.05) is 26.2 Å². The summed E-state index contributed by atoms with van der Waals surface area (Å²) in [5.41, 5.74) is 10.4. The van der Waals surface area contributed by atoms with E-state index >= 15 is 0 Å². The highest BCUT2D eigenvalue weighted by Crippen LogP contribution is 2.26. The lowest BCUT2D eigenvalue weighted by Crippen LogP contribution is -2.26. The van der Waals surface area contributed by atoms with Crippen LogP contribution in [-0.2, 0) is 4.74 Å². The number of anilines is 1. The fourth-order valence-corrected chi connectivity index (χ4v) is 3.20. The summed E-state index contributed by atoms with van der Waals surface area (Å²) in [6.07, 6.45) is 7.85. The maximum absolute atomic E-state index is 9.23. The third kappa shape index (κ3) is 6.46. The molecule has 0 amide bonds. The number of allylic oxidation sites excluding steroid dienone is 2. The fraction of sp³-hybridized carbons (Fsp3) is 0.478. The van der Waals surface area contributed by atoms with Gasteiger partial charge in [0.25, 0.3) is 0 Å². The van der Waals surface area contributed by atoms with E-state index in [1.54, 1.807) is 12.2 Å². The lowest BCUT2D eigenvalue weighted by Gasteiger charge is -2.22. The maximum atomic E-state index is 9.23. The zero-order valence-corrected chi connectivity index (χ0v) is 17.9. The summed E-state index contributed by atoms with van der Waals surface area (Å²) in [6.45, 7) is 8.40. The molecule has 0 aliphatic heterocycles. The van der Waals surface area contributed by atoms with Crippen molar-refractivity contribution in [3.8, 4) is 0 Å². The van der Waals surface area contributed by atoms with Gasteiger partial charge in [0.1, 0.15) is 5.76 Å². The van der Waals surface area contributed by atoms with E-state index in [0.29, 0.717) is 30.3 Å². The molecule has 0 fully saturated rings. The molecule has 0 saturated heterocycles. The first kappa shape index (κ1) is 22.7. The fourth-order valence-electron chi connectivity index (χ4n) is 3.20. The number of aliphatic imine (C=N–C) groups is 1. The Kier molecular flexibility index (Phi) is 8.93. The number of rotatable bonds is 11. The number of unbranched alkanes of at least 4 members (excludes halogenated alkanes) is 3. The summed E-state index contributed by atoms with van der Waals surface area (Å²) in [7, 11) is 0. The molecule has 0 heterocycles. The van der Waals surface area contributed by atoms with Crippen molar-refractivity contribution in [1.29, 1.82) is 5.41 Å². The van der Waals surface area contributed by atoms with E-state index in [-0.39, 0.29) is 12.3 Å². The van der Waals surface area contributed by atoms with Crippen LogP contribution in [0.5, 0.6) is 0 Å². The maximum Gasteiger partial charge on any atom is 0.146 e. The Labute approximate surface area is 174 Å². The molecule has 0 unspecified atom stereocenters. The van der Waals surface area contributed by atoms with Gasteiger partial charge in [0.2, 0.25) is 0 Å². The first-order valence-electron chi connectivity index (χ1n) is 10.5. The highest BCUT2D eigenvalue weighted by atomic mass is 16.5. The first-order chi connectivity index (χ1) is 14.0. The summed E-state index contributed by atoms with van der Waals surface area (Å²) in [5.74, 6) is 0.517. The molecule has 29 heavy (non-hydrogen) atoms. The molecular formula is C23H34N4O2. The van der Waals surface area contributed by atoms with E-state index in [0.717, 1.165) is 36.3 Å². The third-order valence-electron chi connectivity index (χ3n) is 4.92. The quantitative estimate of drug-likeness (QED) is 0.384. The molecule has 4 N–H and O–H groups in total. The summed E-state index contributed by atoms with van der Waals surface area (Å²) in [6, 6.07) is 6.04. The number of benzene rings is 1. The normalized spacial score (nSPS) is 15.3. The Morgan fingerprint density at radius 2 is 1.97 bits per heavy atom. The van der Waals surface area contributed by atoms with Crippen molar-refractivity contribution in [3.05, 3.63) is 47.4 Å². The second-order valence-corrected chi connectivity index (χ2v) is 7.20. The first-order valence-corrected chi connectivity index (χ1v) is 10.5. The van der Waals surface area contributed by atoms with Crippen LogP contribution in [0.2, 0.25) is 0 Å². The molecule has 158 valence electrons. The lowest BCUT2D eigenvalue weighted by molar-refractivity contribution is 0.223. The molecule has 6 nitrogen and oxygen atoms in total. The minimum Gasteiger partial charge on any atom is -0.491 e. The Balaban J connectivity index is 2.18. The molecule has 0 bridgehead atoms. The van der Waals surface area contributed by atoms with Gasteiger partial charge in [-0.15, -0.1) is 0 Å². The molecule has 0 spiro atoms. The van der Waals surface area contributed by atoms with Crippen LogP contribution in [0.3, 0.4) is 0 Å². The van der Waals surface area contributed by atoms with E-state index in [4.69, 9.17) is 20.9 Å². The monoisotopic (exact) mass is 398 g/mol. The third-order valence-corrected chi connectivity index (χ3v) is 4.92. The van der Waals surface area contributed by atoms with Gasteiger partial charge >= 0.3 is 0 Å². The minimum absolute atomic E-state index is 0.121. The lowest BCUT2D eigenvalue weighted by atomic mass is 10.1. The second-order valence-electron chi connectivity index (χ2n) is 7.20. The highest BCUT2D eigenvalue weighted by molar-refractivity contribution is 6.22. The van der Waals surface area contributed by atoms with Crippen LogP contribution >= 0.6 is 0 Å². The highest BCUT2D eigenvalue weighted by Gasteiger charge is 2.16. The number of aliphatic hydroxyl groups is 1. The standard InChI is InChI=1S/C23H34N4O2/c1-4-6-7-8-13-29-23-16-22(19(24)15-20(23)25)26-21-10-9-18(14-17(21)3)27(5-2)11-12-28/h9-10,14-16,25,28H,4-8,11-13,24H2,1-3H3/b25-20?,26-22-. The van der Waals surface area contributed by atoms with Crippen molar-refractivity contribution < 1.29 is 9.84 Å². The summed E-state index contributed by atoms with van der Waals surface area (Å²) in [4.78, 5) is 6.83. The molecule has 1 aromatic carbocycles. The van der Waals surface area contributed by atoms with Crippen molar-refractivity contribution >= 4 is 22.8 Å². The molecule has 1 aliphatic carbocycles. The number of ether oxygens (including phenoxy) is 1. The van der Waals surface area contributed by atoms with Gasteiger partial charge in [-0.05, 0) is 50.1 Å². The summed E-state index contributed by atoms with van der Waals surface area (Å²) >= 11 is 0. The SMILES string of the molecule is CCCCCCOC1=C/C(=N/c2ccc(N(CC)CCO)cc2C)C(N)=CC1=N. The molecule has 0 aromatic heterocycles. The average Bonchev–Trinajstić information content (AvgIpc) is 2.70. The van der Waals surface area contributed by atoms with E-state index in [1.165, 1.54) is 12.8 Å². The van der Waals surface area contributed by atoms with Crippen molar-refractivity contribution in [2.75, 3.05) is 31.2 Å². The van der Waals surface area contributed by atoms with Crippen LogP contribution in [0, 0.1) is 12.3 Å². The average molecular weight is 399 g/mol. The van der Waals surface area contributed by atoms with Crippen LogP contribution in [0.1, 0.15) is 45.1 Å². The number of hydrogen-bond acceptors (Lipinski definition) is 6. The minimum atomic E-state index is 0.121. The molecule has 0 saturated carbocycles. The van der Waals surface area contributed by atoms with Gasteiger partial charge in [0, 0.05) is 24.9 Å². The largest absolute Gasteiger partial charge is 0.491 e. The second kappa shape index (κ2) is 11.4. The predicted molar refractivity (Wildman–Crippen MR) is 121 cm³/mol. The molecule has 0 radical (unpaired) electrons. The summed E-state index contributed by atoms with van der Waals surface area (Å²) < 4.78 is 5.81. The van der Waals surface area contributed by atoms with Crippen LogP contribution in [0.4, 0.5) is 11.4 Å². The van der Waals surface area contributed by atoms with E-state index in [1.807, 2.05) is 19.1 Å². The van der Waals surface area contributed by atoms with Gasteiger partial charge in [0.05, 0.1) is 36.0 Å². The number of likely N-dealkylation sites (N-methyl/N-ethyl adjacent to an activating group) is 1. The van der Waals surface area contributed by atoms with Crippen molar-refractivity contribution in [2.24, 2.45) is 10.7 Å². The van der Waals surface area contributed by atoms with Crippen LogP contribution in [0.15, 0.2) is 46.8 Å². The molecule has 0 atom stereocenters. The number of aryl methyl sites for hydroxylation is 1. The van der Waals surface area contributed by atoms with Gasteiger partial charge in [-0.3, -0.25) is 5.41 Å². The van der Waals surface area contributed by atoms with Crippen molar-refractivity contribution in [2.45, 2.75) is 46.5 Å². The molecule has 6 heteroatoms. The van der Waals surface area contributed by atoms with Gasteiger partial charge < -0.3 is 20.5 Å². The topological polar surface area (TPSA) is 94.9 Å². The Hall–Kier alpha value is -2.60. The number of nitrogens with two attached hydrogens (primary N) is 1. The Morgan fingerprint density at radius 1 is 1.17 bits per heavy atom. The summed E-state index contributed by atoms with van der Waals surface area (Å²) in [5, 5.41) is 17.3. The number of aliphatic hydroxyl groups excluding tert-OH is 1. The van der Waals surface area contributed by atoms with E-state index < -0.39 is 0 Å². The van der Waals surface area contributed by atoms with Crippen LogP contribution in [0.25, 0.3) is 0 Å². The Morgan fingerprint density at radius 3 is 2.62 bits per heavy atom. The Bertz CT molecular complexity index is 796. The van der Waals surface area contributed by atoms with E-state index in [2.05, 4.69) is 24.8 Å². The van der Waals surface area contributed by atoms with Gasteiger partial charge in [0.15, 0.2) is 0 Å². The van der Waals surface area contributed by atoms with E-state index in [9.17, 15) is 5.11 Å². The van der Waals surface area contributed by atoms with Gasteiger partial charge in [-0.25, -0.2) is 4.99 Å². The number of nitrogens with one attached hydrogen (secondary N) is 1. The van der Waals surface area contributed by atoms with Crippen LogP contribution in [-0.4, -0.2) is 42.8 Å². The van der Waals surface area contributed by atoms with Gasteiger partial charge in [-0.2, -0.15) is 0 Å². The molecular weight excluding hydrogens is 364 g/mol. The van der Waals surface area contributed by atoms with Crippen molar-refractivity contribution in [3.63, 3.8) is 0 Å². The zero-order valence-electron chi connectivity index (χ0n) is 17.9. The predicted octanol–water partition coefficient (Wildman–Crippen LogP) is 4.24. The smallest absolute Gasteiger partial charge is 0.146 e. The van der Waals surface area contributed by atoms with Crippen LogP contribution < -0.4 is 10.6 Å². The number of nitrogens with zero attached hydrogens (tertiary/aromatic N) is 2.